The van der Waals surface area contributed by atoms with Gasteiger partial charge in [0.2, 0.25) is 0 Å². The number of thiocarbonyl (C=S) groups is 1. The van der Waals surface area contributed by atoms with Crippen molar-refractivity contribution in [3.05, 3.63) is 29.3 Å². The predicted molar refractivity (Wildman–Crippen MR) is 84.8 cm³/mol. The Morgan fingerprint density at radius 1 is 1.50 bits per heavy atom. The molecule has 2 heterocycles. The highest BCUT2D eigenvalue weighted by Gasteiger charge is 2.44. The van der Waals surface area contributed by atoms with Gasteiger partial charge in [-0.15, -0.1) is 11.3 Å². The van der Waals surface area contributed by atoms with Crippen molar-refractivity contribution in [3.63, 3.8) is 0 Å². The lowest BCUT2D eigenvalue weighted by molar-refractivity contribution is -0.130. The molecular formula is C14H15N3OS2. The number of carbonyl (C=O) groups is 1. The van der Waals surface area contributed by atoms with Gasteiger partial charge in [-0.05, 0) is 43.8 Å². The lowest BCUT2D eigenvalue weighted by Gasteiger charge is -2.22. The van der Waals surface area contributed by atoms with Gasteiger partial charge in [0.1, 0.15) is 5.54 Å². The first-order valence-corrected chi connectivity index (χ1v) is 7.78. The predicted octanol–water partition coefficient (Wildman–Crippen LogP) is 2.33. The van der Waals surface area contributed by atoms with Gasteiger partial charge >= 0.3 is 0 Å². The summed E-state index contributed by atoms with van der Waals surface area (Å²) in [6.07, 6.45) is 0.621. The molecule has 1 N–H and O–H groups in total. The van der Waals surface area contributed by atoms with Crippen LogP contribution in [0, 0.1) is 0 Å². The van der Waals surface area contributed by atoms with Crippen molar-refractivity contribution < 1.29 is 4.79 Å². The maximum Gasteiger partial charge on any atom is 0.254 e. The first-order chi connectivity index (χ1) is 9.53. The average Bonchev–Trinajstić information content (AvgIpc) is 2.93. The summed E-state index contributed by atoms with van der Waals surface area (Å²) in [5.41, 5.74) is 3.31. The van der Waals surface area contributed by atoms with Crippen LogP contribution in [0.4, 0.5) is 0 Å². The third-order valence-corrected chi connectivity index (χ3v) is 4.73. The number of thiazole rings is 1. The zero-order chi connectivity index (χ0) is 14.3. The molecule has 1 aromatic heterocycles. The van der Waals surface area contributed by atoms with Crippen LogP contribution in [-0.2, 0) is 11.2 Å². The number of nitrogens with one attached hydrogen (secondary N) is 1. The lowest BCUT2D eigenvalue weighted by Crippen LogP contribution is -2.45. The van der Waals surface area contributed by atoms with Crippen molar-refractivity contribution in [1.82, 2.24) is 15.2 Å². The molecule has 1 aromatic carbocycles. The Balaban J connectivity index is 1.89. The van der Waals surface area contributed by atoms with E-state index in [-0.39, 0.29) is 5.91 Å². The molecule has 0 aliphatic carbocycles. The number of rotatable bonds is 3. The molecule has 2 aromatic rings. The number of fused-ring (bicyclic) bond motifs is 1. The van der Waals surface area contributed by atoms with Gasteiger partial charge in [0, 0.05) is 13.0 Å². The van der Waals surface area contributed by atoms with Crippen LogP contribution in [-0.4, -0.2) is 33.0 Å². The van der Waals surface area contributed by atoms with Crippen LogP contribution in [0.1, 0.15) is 19.4 Å². The van der Waals surface area contributed by atoms with Crippen LogP contribution in [0.15, 0.2) is 23.7 Å². The van der Waals surface area contributed by atoms with E-state index >= 15 is 0 Å². The van der Waals surface area contributed by atoms with Gasteiger partial charge in [-0.1, -0.05) is 6.07 Å². The van der Waals surface area contributed by atoms with Crippen LogP contribution in [0.2, 0.25) is 0 Å². The van der Waals surface area contributed by atoms with Crippen molar-refractivity contribution in [2.24, 2.45) is 0 Å². The molecule has 0 saturated carbocycles. The molecule has 6 heteroatoms. The summed E-state index contributed by atoms with van der Waals surface area (Å²) in [4.78, 5) is 18.3. The SMILES string of the molecule is CCN1C(=O)C(C)(Cc2ccc3ncsc3c2)NC1=S. The van der Waals surface area contributed by atoms with E-state index in [0.29, 0.717) is 18.1 Å². The molecule has 1 unspecified atom stereocenters. The zero-order valence-corrected chi connectivity index (χ0v) is 13.0. The molecule has 0 bridgehead atoms. The highest BCUT2D eigenvalue weighted by molar-refractivity contribution is 7.80. The van der Waals surface area contributed by atoms with Crippen LogP contribution >= 0.6 is 23.6 Å². The van der Waals surface area contributed by atoms with E-state index in [0.717, 1.165) is 15.8 Å². The second-order valence-corrected chi connectivity index (χ2v) is 6.42. The summed E-state index contributed by atoms with van der Waals surface area (Å²) in [7, 11) is 0. The number of likely N-dealkylation sites (N-methyl/N-ethyl adjacent to an activating group) is 1. The van der Waals surface area contributed by atoms with Crippen LogP contribution in [0.3, 0.4) is 0 Å². The molecule has 1 amide bonds. The second-order valence-electron chi connectivity index (χ2n) is 5.14. The molecule has 1 atom stereocenters. The second kappa shape index (κ2) is 4.79. The Hall–Kier alpha value is -1.53. The standard InChI is InChI=1S/C14H15N3OS2/c1-3-17-12(18)14(2,16-13(17)19)7-9-4-5-10-11(6-9)20-8-15-10/h4-6,8H,3,7H2,1-2H3,(H,16,19). The fourth-order valence-corrected chi connectivity index (χ4v) is 3.75. The molecule has 4 nitrogen and oxygen atoms in total. The van der Waals surface area contributed by atoms with Gasteiger partial charge in [0.15, 0.2) is 5.11 Å². The van der Waals surface area contributed by atoms with Gasteiger partial charge in [-0.3, -0.25) is 9.69 Å². The molecule has 1 saturated heterocycles. The molecule has 1 aliphatic heterocycles. The van der Waals surface area contributed by atoms with Crippen LogP contribution < -0.4 is 5.32 Å². The van der Waals surface area contributed by atoms with Crippen molar-refractivity contribution in [2.45, 2.75) is 25.8 Å². The summed E-state index contributed by atoms with van der Waals surface area (Å²) >= 11 is 6.84. The van der Waals surface area contributed by atoms with E-state index in [1.165, 1.54) is 0 Å². The molecule has 104 valence electrons. The summed E-state index contributed by atoms with van der Waals surface area (Å²) in [6.45, 7) is 4.45. The molecule has 1 fully saturated rings. The lowest BCUT2D eigenvalue weighted by atomic mass is 9.93. The van der Waals surface area contributed by atoms with Gasteiger partial charge in [-0.2, -0.15) is 0 Å². The largest absolute Gasteiger partial charge is 0.348 e. The fourth-order valence-electron chi connectivity index (χ4n) is 2.57. The van der Waals surface area contributed by atoms with Crippen molar-refractivity contribution >= 4 is 44.8 Å². The van der Waals surface area contributed by atoms with Gasteiger partial charge < -0.3 is 5.32 Å². The third-order valence-electron chi connectivity index (χ3n) is 3.61. The summed E-state index contributed by atoms with van der Waals surface area (Å²) in [5.74, 6) is 0.0504. The van der Waals surface area contributed by atoms with Crippen LogP contribution in [0.25, 0.3) is 10.2 Å². The number of amides is 1. The minimum absolute atomic E-state index is 0.0504. The van der Waals surface area contributed by atoms with Gasteiger partial charge in [0.05, 0.1) is 15.7 Å². The average molecular weight is 305 g/mol. The Morgan fingerprint density at radius 2 is 2.30 bits per heavy atom. The van der Waals surface area contributed by atoms with E-state index in [1.54, 1.807) is 16.2 Å². The van der Waals surface area contributed by atoms with E-state index in [2.05, 4.69) is 16.4 Å². The normalized spacial score (nSPS) is 22.6. The Kier molecular flexibility index (Phi) is 3.22. The Bertz CT molecular complexity index is 697. The smallest absolute Gasteiger partial charge is 0.254 e. The number of carbonyl (C=O) groups excluding carboxylic acids is 1. The Labute approximate surface area is 126 Å². The molecule has 3 rings (SSSR count). The van der Waals surface area contributed by atoms with E-state index in [4.69, 9.17) is 12.2 Å². The van der Waals surface area contributed by atoms with Crippen LogP contribution in [0.5, 0.6) is 0 Å². The summed E-state index contributed by atoms with van der Waals surface area (Å²) in [6, 6.07) is 6.13. The number of benzene rings is 1. The van der Waals surface area contributed by atoms with E-state index in [1.807, 2.05) is 31.5 Å². The Morgan fingerprint density at radius 3 is 3.00 bits per heavy atom. The molecule has 1 aliphatic rings. The van der Waals surface area contributed by atoms with E-state index in [9.17, 15) is 4.79 Å². The van der Waals surface area contributed by atoms with E-state index < -0.39 is 5.54 Å². The number of hydrogen-bond acceptors (Lipinski definition) is 4. The maximum atomic E-state index is 12.5. The van der Waals surface area contributed by atoms with Gasteiger partial charge in [-0.25, -0.2) is 4.98 Å². The zero-order valence-electron chi connectivity index (χ0n) is 11.3. The molecule has 0 radical (unpaired) electrons. The number of aromatic nitrogens is 1. The van der Waals surface area contributed by atoms with Gasteiger partial charge in [0.25, 0.3) is 5.91 Å². The topological polar surface area (TPSA) is 45.2 Å². The highest BCUT2D eigenvalue weighted by atomic mass is 32.1. The minimum Gasteiger partial charge on any atom is -0.348 e. The fraction of sp³-hybridized carbons (Fsp3) is 0.357. The molecule has 0 spiro atoms. The molecule has 20 heavy (non-hydrogen) atoms. The highest BCUT2D eigenvalue weighted by Crippen LogP contribution is 2.25. The minimum atomic E-state index is -0.647. The first kappa shape index (κ1) is 13.5. The monoisotopic (exact) mass is 305 g/mol. The van der Waals surface area contributed by atoms with Crippen molar-refractivity contribution in [1.29, 1.82) is 0 Å². The number of nitrogens with zero attached hydrogens (tertiary/aromatic N) is 2. The third kappa shape index (κ3) is 2.09. The van der Waals surface area contributed by atoms with Crippen molar-refractivity contribution in [2.75, 3.05) is 6.54 Å². The summed E-state index contributed by atoms with van der Waals surface area (Å²) in [5, 5.41) is 3.69. The number of hydrogen-bond donors (Lipinski definition) is 1. The quantitative estimate of drug-likeness (QED) is 0.884. The summed E-state index contributed by atoms with van der Waals surface area (Å²) < 4.78 is 1.14. The van der Waals surface area contributed by atoms with Crippen molar-refractivity contribution in [3.8, 4) is 0 Å². The maximum absolute atomic E-state index is 12.5. The first-order valence-electron chi connectivity index (χ1n) is 6.50. The molecular weight excluding hydrogens is 290 g/mol.